The molecular weight excluding hydrogens is 474 g/mol. The summed E-state index contributed by atoms with van der Waals surface area (Å²) in [5, 5.41) is 3.51. The van der Waals surface area contributed by atoms with Gasteiger partial charge in [0, 0.05) is 19.1 Å². The molecule has 1 saturated heterocycles. The smallest absolute Gasteiger partial charge is 0.268 e. The number of thiophene rings is 1. The van der Waals surface area contributed by atoms with Crippen molar-refractivity contribution < 1.29 is 14.0 Å². The standard InChI is InChI=1S/C24H22ClN5O3S/c1-2-21(31)29-11-4-5-15(10-12-29)30-17-7-3-6-16(25)22(17)27-24(30)28-23(32)20-9-8-19(34-20)18-13-26-14-33-18/h2-3,6-9,13-15H,1,4-5,10-12H2,(H,27,28,32)/t15-/m1/s1. The minimum absolute atomic E-state index is 0.0504. The zero-order chi connectivity index (χ0) is 23.7. The zero-order valence-electron chi connectivity index (χ0n) is 18.2. The number of anilines is 1. The quantitative estimate of drug-likeness (QED) is 0.374. The molecule has 0 saturated carbocycles. The van der Waals surface area contributed by atoms with E-state index in [0.29, 0.717) is 40.2 Å². The number of fused-ring (bicyclic) bond motifs is 1. The van der Waals surface area contributed by atoms with Crippen LogP contribution in [0, 0.1) is 0 Å². The number of halogens is 1. The summed E-state index contributed by atoms with van der Waals surface area (Å²) in [5.74, 6) is 0.727. The Bertz CT molecular complexity index is 1360. The Kier molecular flexibility index (Phi) is 6.21. The molecule has 34 heavy (non-hydrogen) atoms. The van der Waals surface area contributed by atoms with Crippen LogP contribution < -0.4 is 5.32 Å². The number of carbonyl (C=O) groups excluding carboxylic acids is 2. The first-order chi connectivity index (χ1) is 16.5. The molecular formula is C24H22ClN5O3S. The lowest BCUT2D eigenvalue weighted by Crippen LogP contribution is -2.30. The molecule has 4 aromatic rings. The highest BCUT2D eigenvalue weighted by molar-refractivity contribution is 7.17. The number of rotatable bonds is 5. The summed E-state index contributed by atoms with van der Waals surface area (Å²) in [6.07, 6.45) is 6.74. The zero-order valence-corrected chi connectivity index (χ0v) is 19.8. The fourth-order valence-corrected chi connectivity index (χ4v) is 5.39. The van der Waals surface area contributed by atoms with Crippen LogP contribution in [0.1, 0.15) is 35.0 Å². The summed E-state index contributed by atoms with van der Waals surface area (Å²) >= 11 is 7.76. The maximum Gasteiger partial charge on any atom is 0.268 e. The molecule has 1 atom stereocenters. The molecule has 174 valence electrons. The van der Waals surface area contributed by atoms with Gasteiger partial charge in [-0.25, -0.2) is 9.97 Å². The highest BCUT2D eigenvalue weighted by Crippen LogP contribution is 2.34. The van der Waals surface area contributed by atoms with E-state index in [2.05, 4.69) is 21.9 Å². The molecule has 3 aromatic heterocycles. The van der Waals surface area contributed by atoms with Crippen LogP contribution in [-0.4, -0.2) is 44.3 Å². The second-order valence-corrected chi connectivity index (χ2v) is 9.50. The molecule has 1 aliphatic rings. The van der Waals surface area contributed by atoms with Gasteiger partial charge in [0.25, 0.3) is 5.91 Å². The number of oxazole rings is 1. The normalized spacial score (nSPS) is 16.4. The molecule has 4 heterocycles. The lowest BCUT2D eigenvalue weighted by atomic mass is 10.1. The molecule has 10 heteroatoms. The van der Waals surface area contributed by atoms with Crippen LogP contribution in [0.5, 0.6) is 0 Å². The Labute approximate surface area is 204 Å². The lowest BCUT2D eigenvalue weighted by Gasteiger charge is -2.21. The Hall–Kier alpha value is -3.43. The Morgan fingerprint density at radius 3 is 2.91 bits per heavy atom. The van der Waals surface area contributed by atoms with Crippen LogP contribution in [0.15, 0.2) is 60.0 Å². The SMILES string of the molecule is C=CC(=O)N1CCC[C@@H](n2c(NC(=O)c3ccc(-c4cnco4)s3)nc3c(Cl)cccc32)CC1. The Balaban J connectivity index is 1.46. The first kappa shape index (κ1) is 22.4. The number of carbonyl (C=O) groups is 2. The highest BCUT2D eigenvalue weighted by Gasteiger charge is 2.26. The Morgan fingerprint density at radius 2 is 2.12 bits per heavy atom. The molecule has 0 aliphatic carbocycles. The van der Waals surface area contributed by atoms with Gasteiger partial charge in [-0.2, -0.15) is 0 Å². The van der Waals surface area contributed by atoms with Crippen molar-refractivity contribution in [2.75, 3.05) is 18.4 Å². The van der Waals surface area contributed by atoms with Gasteiger partial charge in [-0.05, 0) is 49.6 Å². The summed E-state index contributed by atoms with van der Waals surface area (Å²) in [7, 11) is 0. The van der Waals surface area contributed by atoms with Crippen LogP contribution in [0.2, 0.25) is 5.02 Å². The van der Waals surface area contributed by atoms with E-state index in [1.54, 1.807) is 18.3 Å². The molecule has 0 bridgehead atoms. The summed E-state index contributed by atoms with van der Waals surface area (Å²) in [6, 6.07) is 9.25. The van der Waals surface area contributed by atoms with Crippen LogP contribution in [0.3, 0.4) is 0 Å². The van der Waals surface area contributed by atoms with Crippen molar-refractivity contribution in [1.82, 2.24) is 19.4 Å². The molecule has 1 aromatic carbocycles. The fraction of sp³-hybridized carbons (Fsp3) is 0.250. The number of nitrogens with one attached hydrogen (secondary N) is 1. The topological polar surface area (TPSA) is 93.3 Å². The largest absolute Gasteiger partial charge is 0.443 e. The molecule has 1 aliphatic heterocycles. The number of benzene rings is 1. The minimum atomic E-state index is -0.263. The highest BCUT2D eigenvalue weighted by atomic mass is 35.5. The van der Waals surface area contributed by atoms with Gasteiger partial charge in [0.1, 0.15) is 5.52 Å². The number of imidazole rings is 1. The van der Waals surface area contributed by atoms with E-state index < -0.39 is 0 Å². The van der Waals surface area contributed by atoms with Gasteiger partial charge < -0.3 is 13.9 Å². The second kappa shape index (κ2) is 9.44. The third-order valence-corrected chi connectivity index (χ3v) is 7.35. The molecule has 0 radical (unpaired) electrons. The van der Waals surface area contributed by atoms with E-state index in [0.717, 1.165) is 29.7 Å². The molecule has 0 spiro atoms. The average Bonchev–Trinajstić information content (AvgIpc) is 3.57. The van der Waals surface area contributed by atoms with Gasteiger partial charge >= 0.3 is 0 Å². The molecule has 1 N–H and O–H groups in total. The van der Waals surface area contributed by atoms with Crippen LogP contribution in [0.4, 0.5) is 5.95 Å². The summed E-state index contributed by atoms with van der Waals surface area (Å²) in [4.78, 5) is 37.0. The minimum Gasteiger partial charge on any atom is -0.443 e. The first-order valence-corrected chi connectivity index (χ1v) is 12.1. The van der Waals surface area contributed by atoms with Gasteiger partial charge in [-0.15, -0.1) is 11.3 Å². The summed E-state index contributed by atoms with van der Waals surface area (Å²) < 4.78 is 7.38. The van der Waals surface area contributed by atoms with Crippen molar-refractivity contribution in [1.29, 1.82) is 0 Å². The van der Waals surface area contributed by atoms with Crippen molar-refractivity contribution >= 4 is 51.7 Å². The number of aromatic nitrogens is 3. The van der Waals surface area contributed by atoms with E-state index in [-0.39, 0.29) is 17.9 Å². The maximum atomic E-state index is 13.1. The predicted molar refractivity (Wildman–Crippen MR) is 132 cm³/mol. The van der Waals surface area contributed by atoms with Crippen LogP contribution in [-0.2, 0) is 4.79 Å². The average molecular weight is 496 g/mol. The number of para-hydroxylation sites is 1. The van der Waals surface area contributed by atoms with Crippen molar-refractivity contribution in [3.05, 3.63) is 65.5 Å². The summed E-state index contributed by atoms with van der Waals surface area (Å²) in [5.41, 5.74) is 1.49. The van der Waals surface area contributed by atoms with Gasteiger partial charge in [0.15, 0.2) is 12.2 Å². The third-order valence-electron chi connectivity index (χ3n) is 5.95. The maximum absolute atomic E-state index is 13.1. The molecule has 0 unspecified atom stereocenters. The molecule has 2 amide bonds. The van der Waals surface area contributed by atoms with Crippen molar-refractivity contribution in [3.8, 4) is 10.6 Å². The predicted octanol–water partition coefficient (Wildman–Crippen LogP) is 5.40. The lowest BCUT2D eigenvalue weighted by molar-refractivity contribution is -0.125. The summed E-state index contributed by atoms with van der Waals surface area (Å²) in [6.45, 7) is 4.88. The number of nitrogens with zero attached hydrogens (tertiary/aromatic N) is 4. The van der Waals surface area contributed by atoms with E-state index in [1.165, 1.54) is 23.8 Å². The Morgan fingerprint density at radius 1 is 1.24 bits per heavy atom. The monoisotopic (exact) mass is 495 g/mol. The van der Waals surface area contributed by atoms with E-state index in [4.69, 9.17) is 16.0 Å². The first-order valence-electron chi connectivity index (χ1n) is 10.9. The third kappa shape index (κ3) is 4.24. The van der Waals surface area contributed by atoms with E-state index in [9.17, 15) is 9.59 Å². The van der Waals surface area contributed by atoms with Crippen LogP contribution in [0.25, 0.3) is 21.7 Å². The number of amides is 2. The van der Waals surface area contributed by atoms with Crippen molar-refractivity contribution in [3.63, 3.8) is 0 Å². The van der Waals surface area contributed by atoms with Gasteiger partial charge in [-0.1, -0.05) is 24.2 Å². The van der Waals surface area contributed by atoms with Crippen molar-refractivity contribution in [2.45, 2.75) is 25.3 Å². The molecule has 8 nitrogen and oxygen atoms in total. The van der Waals surface area contributed by atoms with Gasteiger partial charge in [0.2, 0.25) is 11.9 Å². The van der Waals surface area contributed by atoms with E-state index in [1.807, 2.05) is 27.7 Å². The van der Waals surface area contributed by atoms with Gasteiger partial charge in [0.05, 0.1) is 26.5 Å². The molecule has 1 fully saturated rings. The number of likely N-dealkylation sites (tertiary alicyclic amines) is 1. The molecule has 5 rings (SSSR count). The number of hydrogen-bond donors (Lipinski definition) is 1. The van der Waals surface area contributed by atoms with E-state index >= 15 is 0 Å². The fourth-order valence-electron chi connectivity index (χ4n) is 4.32. The second-order valence-electron chi connectivity index (χ2n) is 8.01. The van der Waals surface area contributed by atoms with Crippen molar-refractivity contribution in [2.24, 2.45) is 0 Å². The van der Waals surface area contributed by atoms with Gasteiger partial charge in [-0.3, -0.25) is 14.9 Å². The number of hydrogen-bond acceptors (Lipinski definition) is 6. The van der Waals surface area contributed by atoms with Crippen LogP contribution >= 0.6 is 22.9 Å².